The summed E-state index contributed by atoms with van der Waals surface area (Å²) in [6.07, 6.45) is 1.75. The van der Waals surface area contributed by atoms with Crippen molar-refractivity contribution in [3.05, 3.63) is 131 Å². The van der Waals surface area contributed by atoms with Crippen molar-refractivity contribution in [3.8, 4) is 22.6 Å². The van der Waals surface area contributed by atoms with Crippen LogP contribution in [0.1, 0.15) is 52.9 Å². The van der Waals surface area contributed by atoms with Gasteiger partial charge < -0.3 is 19.9 Å². The van der Waals surface area contributed by atoms with E-state index in [9.17, 15) is 9.90 Å². The maximum Gasteiger partial charge on any atom is 0.336 e. The highest BCUT2D eigenvalue weighted by atomic mass is 16.6. The fourth-order valence-electron chi connectivity index (χ4n) is 5.24. The van der Waals surface area contributed by atoms with E-state index >= 15 is 0 Å². The van der Waals surface area contributed by atoms with Crippen LogP contribution in [0.15, 0.2) is 103 Å². The molecule has 0 aliphatic carbocycles. The number of rotatable bonds is 10. The molecule has 4 aromatic rings. The number of hydrogen-bond acceptors (Lipinski definition) is 4. The largest absolute Gasteiger partial charge is 0.486 e. The average molecular weight is 560 g/mol. The van der Waals surface area contributed by atoms with Crippen LogP contribution in [0.4, 0.5) is 0 Å². The molecule has 0 radical (unpaired) electrons. The Kier molecular flexibility index (Phi) is 8.77. The summed E-state index contributed by atoms with van der Waals surface area (Å²) < 4.78 is 11.9. The molecule has 0 bridgehead atoms. The van der Waals surface area contributed by atoms with E-state index in [1.165, 1.54) is 27.8 Å². The topological polar surface area (TPSA) is 67.8 Å². The maximum atomic E-state index is 11.6. The lowest BCUT2D eigenvalue weighted by atomic mass is 9.92. The molecule has 1 unspecified atom stereocenters. The molecule has 42 heavy (non-hydrogen) atoms. The van der Waals surface area contributed by atoms with Crippen LogP contribution in [0.5, 0.6) is 11.5 Å². The van der Waals surface area contributed by atoms with Crippen LogP contribution >= 0.6 is 0 Å². The number of aryl methyl sites for hydroxylation is 2. The fraction of sp³-hybridized carbons (Fsp3) is 0.216. The molecule has 1 aliphatic rings. The van der Waals surface area contributed by atoms with Crippen LogP contribution in [-0.2, 0) is 6.42 Å². The molecule has 0 aromatic heterocycles. The second kappa shape index (κ2) is 12.8. The fourth-order valence-corrected chi connectivity index (χ4v) is 5.24. The van der Waals surface area contributed by atoms with Crippen LogP contribution in [0.3, 0.4) is 0 Å². The van der Waals surface area contributed by atoms with Crippen LogP contribution in [0.2, 0.25) is 0 Å². The summed E-state index contributed by atoms with van der Waals surface area (Å²) in [5.41, 5.74) is 10.1. The summed E-state index contributed by atoms with van der Waals surface area (Å²) >= 11 is 0. The molecule has 0 saturated carbocycles. The van der Waals surface area contributed by atoms with Crippen molar-refractivity contribution in [2.24, 2.45) is 0 Å². The molecule has 5 rings (SSSR count). The van der Waals surface area contributed by atoms with E-state index in [-0.39, 0.29) is 6.10 Å². The van der Waals surface area contributed by atoms with E-state index in [0.717, 1.165) is 46.7 Å². The highest BCUT2D eigenvalue weighted by Crippen LogP contribution is 2.31. The quantitative estimate of drug-likeness (QED) is 0.205. The first-order valence-corrected chi connectivity index (χ1v) is 14.3. The zero-order valence-electron chi connectivity index (χ0n) is 24.4. The monoisotopic (exact) mass is 559 g/mol. The van der Waals surface area contributed by atoms with E-state index in [1.807, 2.05) is 48.5 Å². The van der Waals surface area contributed by atoms with Crippen molar-refractivity contribution >= 4 is 17.2 Å². The van der Waals surface area contributed by atoms with Gasteiger partial charge in [-0.05, 0) is 96.8 Å². The van der Waals surface area contributed by atoms with Crippen molar-refractivity contribution in [1.29, 1.82) is 0 Å². The number of carboxylic acids is 1. The predicted molar refractivity (Wildman–Crippen MR) is 170 cm³/mol. The van der Waals surface area contributed by atoms with Gasteiger partial charge in [0.05, 0.1) is 12.1 Å². The van der Waals surface area contributed by atoms with Crippen molar-refractivity contribution < 1.29 is 19.4 Å². The van der Waals surface area contributed by atoms with Gasteiger partial charge in [0.15, 0.2) is 11.5 Å². The Morgan fingerprint density at radius 2 is 1.64 bits per heavy atom. The SMILES string of the molecule is C=C(NCC1COc2ccccc2O1)c1ccc(C)c(/C(C)=C(/C)CCc2ccc(-c3ccccc3C(=O)O)cc2)c1. The highest BCUT2D eigenvalue weighted by Gasteiger charge is 2.20. The number of fused-ring (bicyclic) bond motifs is 1. The van der Waals surface area contributed by atoms with Gasteiger partial charge in [-0.1, -0.05) is 78.9 Å². The Labute approximate surface area is 248 Å². The van der Waals surface area contributed by atoms with Gasteiger partial charge in [0.25, 0.3) is 0 Å². The molecule has 2 N–H and O–H groups in total. The van der Waals surface area contributed by atoms with Crippen molar-refractivity contribution in [2.75, 3.05) is 13.2 Å². The standard InChI is InChI=1S/C37H37NO4/c1-24(13-15-28-16-19-29(20-17-28)32-9-5-6-10-33(32)37(39)40)26(3)34-21-30(18-14-25(34)2)27(4)38-22-31-23-41-35-11-7-8-12-36(35)42-31/h5-12,14,16-21,31,38H,4,13,15,22-23H2,1-3H3,(H,39,40)/b26-24-. The van der Waals surface area contributed by atoms with Gasteiger partial charge in [-0.15, -0.1) is 0 Å². The third kappa shape index (κ3) is 6.58. The summed E-state index contributed by atoms with van der Waals surface area (Å²) in [4.78, 5) is 11.6. The van der Waals surface area contributed by atoms with E-state index in [4.69, 9.17) is 9.47 Å². The second-order valence-corrected chi connectivity index (χ2v) is 10.8. The van der Waals surface area contributed by atoms with Crippen molar-refractivity contribution in [2.45, 2.75) is 39.7 Å². The Balaban J connectivity index is 1.22. The third-order valence-electron chi connectivity index (χ3n) is 7.95. The zero-order valence-corrected chi connectivity index (χ0v) is 24.4. The normalized spacial score (nSPS) is 14.6. The first kappa shape index (κ1) is 28.7. The van der Waals surface area contributed by atoms with Crippen LogP contribution < -0.4 is 14.8 Å². The van der Waals surface area contributed by atoms with Gasteiger partial charge in [-0.25, -0.2) is 4.79 Å². The maximum absolute atomic E-state index is 11.6. The number of para-hydroxylation sites is 2. The summed E-state index contributed by atoms with van der Waals surface area (Å²) in [7, 11) is 0. The molecule has 1 aliphatic heterocycles. The lowest BCUT2D eigenvalue weighted by molar-refractivity contribution is 0.0697. The molecule has 0 spiro atoms. The highest BCUT2D eigenvalue weighted by molar-refractivity contribution is 5.96. The van der Waals surface area contributed by atoms with Crippen molar-refractivity contribution in [1.82, 2.24) is 5.32 Å². The number of allylic oxidation sites excluding steroid dienone is 2. The molecule has 4 aromatic carbocycles. The number of hydrogen-bond donors (Lipinski definition) is 2. The molecule has 214 valence electrons. The smallest absolute Gasteiger partial charge is 0.336 e. The molecule has 0 amide bonds. The van der Waals surface area contributed by atoms with Gasteiger partial charge >= 0.3 is 5.97 Å². The van der Waals surface area contributed by atoms with E-state index in [0.29, 0.717) is 18.7 Å². The van der Waals surface area contributed by atoms with Gasteiger partial charge in [-0.2, -0.15) is 0 Å². The van der Waals surface area contributed by atoms with E-state index in [2.05, 4.69) is 63.0 Å². The molecular weight excluding hydrogens is 522 g/mol. The zero-order chi connectivity index (χ0) is 29.6. The number of carboxylic acid groups (broad SMARTS) is 1. The lowest BCUT2D eigenvalue weighted by Crippen LogP contribution is -2.37. The third-order valence-corrected chi connectivity index (χ3v) is 7.95. The summed E-state index contributed by atoms with van der Waals surface area (Å²) in [5.74, 6) is 0.644. The van der Waals surface area contributed by atoms with E-state index in [1.54, 1.807) is 12.1 Å². The van der Waals surface area contributed by atoms with Gasteiger partial charge in [0.1, 0.15) is 12.7 Å². The minimum Gasteiger partial charge on any atom is -0.486 e. The molecule has 5 heteroatoms. The average Bonchev–Trinajstić information content (AvgIpc) is 3.02. The van der Waals surface area contributed by atoms with E-state index < -0.39 is 5.97 Å². The summed E-state index contributed by atoms with van der Waals surface area (Å²) in [5, 5.41) is 13.0. The molecular formula is C37H37NO4. The van der Waals surface area contributed by atoms with Crippen LogP contribution in [0, 0.1) is 6.92 Å². The first-order valence-electron chi connectivity index (χ1n) is 14.3. The predicted octanol–water partition coefficient (Wildman–Crippen LogP) is 8.19. The summed E-state index contributed by atoms with van der Waals surface area (Å²) in [6.45, 7) is 11.9. The number of benzene rings is 4. The molecule has 1 atom stereocenters. The Bertz CT molecular complexity index is 1630. The summed E-state index contributed by atoms with van der Waals surface area (Å²) in [6, 6.07) is 29.5. The minimum absolute atomic E-state index is 0.0913. The molecule has 1 heterocycles. The number of aromatic carboxylic acids is 1. The number of carbonyl (C=O) groups is 1. The molecule has 5 nitrogen and oxygen atoms in total. The van der Waals surface area contributed by atoms with Gasteiger partial charge in [-0.3, -0.25) is 0 Å². The number of ether oxygens (including phenoxy) is 2. The van der Waals surface area contributed by atoms with Gasteiger partial charge in [0.2, 0.25) is 0 Å². The Morgan fingerprint density at radius 1 is 0.929 bits per heavy atom. The Hall–Kier alpha value is -4.77. The van der Waals surface area contributed by atoms with Gasteiger partial charge in [0, 0.05) is 5.70 Å². The lowest BCUT2D eigenvalue weighted by Gasteiger charge is -2.27. The van der Waals surface area contributed by atoms with Crippen LogP contribution in [0.25, 0.3) is 22.4 Å². The number of nitrogens with one attached hydrogen (secondary N) is 1. The van der Waals surface area contributed by atoms with Crippen LogP contribution in [-0.4, -0.2) is 30.3 Å². The second-order valence-electron chi connectivity index (χ2n) is 10.8. The Morgan fingerprint density at radius 3 is 2.40 bits per heavy atom. The minimum atomic E-state index is -0.913. The van der Waals surface area contributed by atoms with Crippen molar-refractivity contribution in [3.63, 3.8) is 0 Å². The molecule has 0 saturated heterocycles. The molecule has 0 fully saturated rings. The first-order chi connectivity index (χ1) is 20.3.